The summed E-state index contributed by atoms with van der Waals surface area (Å²) in [7, 11) is 1.58. The Morgan fingerprint density at radius 3 is 2.72 bits per heavy atom. The number of carbonyl (C=O) groups is 3. The van der Waals surface area contributed by atoms with Gasteiger partial charge < -0.3 is 20.4 Å². The zero-order valence-electron chi connectivity index (χ0n) is 20.0. The van der Waals surface area contributed by atoms with E-state index in [0.717, 1.165) is 35.0 Å². The van der Waals surface area contributed by atoms with Gasteiger partial charge in [-0.05, 0) is 48.6 Å². The lowest BCUT2D eigenvalue weighted by molar-refractivity contribution is -0.126. The molecule has 36 heavy (non-hydrogen) atoms. The Morgan fingerprint density at radius 2 is 1.97 bits per heavy atom. The van der Waals surface area contributed by atoms with Crippen molar-refractivity contribution >= 4 is 34.2 Å². The number of H-pyrrole nitrogens is 1. The van der Waals surface area contributed by atoms with E-state index in [0.29, 0.717) is 23.8 Å². The van der Waals surface area contributed by atoms with Crippen LogP contribution in [0.2, 0.25) is 0 Å². The molecule has 3 atom stereocenters. The highest BCUT2D eigenvalue weighted by Gasteiger charge is 2.35. The third kappa shape index (κ3) is 4.82. The molecule has 2 heterocycles. The number of Topliss-reactive ketones (excluding diaryl/α,β-unsaturated/α-hetero) is 1. The van der Waals surface area contributed by atoms with Gasteiger partial charge >= 0.3 is 0 Å². The van der Waals surface area contributed by atoms with Crippen LogP contribution in [-0.2, 0) is 9.59 Å². The number of aromatic amines is 1. The maximum absolute atomic E-state index is 13.3. The molecule has 1 aliphatic heterocycles. The van der Waals surface area contributed by atoms with Crippen molar-refractivity contribution in [2.24, 2.45) is 11.8 Å². The summed E-state index contributed by atoms with van der Waals surface area (Å²) in [6.45, 7) is 0. The van der Waals surface area contributed by atoms with Crippen molar-refractivity contribution < 1.29 is 19.1 Å². The highest BCUT2D eigenvalue weighted by Crippen LogP contribution is 2.38. The number of rotatable bonds is 10. The molecule has 184 valence electrons. The van der Waals surface area contributed by atoms with Gasteiger partial charge in [0.2, 0.25) is 11.8 Å². The molecule has 1 unspecified atom stereocenters. The van der Waals surface area contributed by atoms with Crippen LogP contribution in [0.1, 0.15) is 54.1 Å². The number of ketones is 1. The zero-order valence-corrected chi connectivity index (χ0v) is 20.0. The van der Waals surface area contributed by atoms with Crippen LogP contribution in [0.5, 0.6) is 5.75 Å². The fraction of sp³-hybridized carbons (Fsp3) is 0.357. The Morgan fingerprint density at radius 1 is 1.17 bits per heavy atom. The van der Waals surface area contributed by atoms with Crippen molar-refractivity contribution in [2.75, 3.05) is 12.4 Å². The molecule has 5 rings (SSSR count). The van der Waals surface area contributed by atoms with Gasteiger partial charge in [-0.3, -0.25) is 14.4 Å². The Bertz CT molecular complexity index is 1370. The van der Waals surface area contributed by atoms with Crippen molar-refractivity contribution in [1.82, 2.24) is 10.3 Å². The molecule has 2 aliphatic rings. The average Bonchev–Trinajstić information content (AvgIpc) is 3.50. The van der Waals surface area contributed by atoms with Crippen LogP contribution < -0.4 is 15.4 Å². The van der Waals surface area contributed by atoms with Gasteiger partial charge in [-0.15, -0.1) is 0 Å². The van der Waals surface area contributed by atoms with E-state index in [-0.39, 0.29) is 30.4 Å². The Kier molecular flexibility index (Phi) is 6.47. The molecule has 0 saturated heterocycles. The van der Waals surface area contributed by atoms with Gasteiger partial charge in [0, 0.05) is 28.9 Å². The highest BCUT2D eigenvalue weighted by molar-refractivity contribution is 6.03. The number of benzene rings is 2. The summed E-state index contributed by atoms with van der Waals surface area (Å²) < 4.78 is 5.39. The van der Waals surface area contributed by atoms with Gasteiger partial charge in [0.05, 0.1) is 24.8 Å². The summed E-state index contributed by atoms with van der Waals surface area (Å²) in [5.74, 6) is -0.609. The summed E-state index contributed by atoms with van der Waals surface area (Å²) >= 11 is 0. The molecule has 0 spiro atoms. The number of para-hydroxylation sites is 1. The zero-order chi connectivity index (χ0) is 25.2. The largest absolute Gasteiger partial charge is 0.496 e. The molecule has 3 aromatic rings. The minimum absolute atomic E-state index is 0.0440. The predicted octanol–water partition coefficient (Wildman–Crippen LogP) is 4.30. The van der Waals surface area contributed by atoms with Crippen molar-refractivity contribution in [3.63, 3.8) is 0 Å². The van der Waals surface area contributed by atoms with E-state index in [1.807, 2.05) is 42.5 Å². The topological polar surface area (TPSA) is 124 Å². The van der Waals surface area contributed by atoms with Crippen LogP contribution in [0.15, 0.2) is 48.5 Å². The monoisotopic (exact) mass is 484 g/mol. The molecule has 1 saturated carbocycles. The number of anilines is 1. The van der Waals surface area contributed by atoms with E-state index in [2.05, 4.69) is 21.7 Å². The number of nitriles is 1. The van der Waals surface area contributed by atoms with Gasteiger partial charge in [0.15, 0.2) is 5.78 Å². The van der Waals surface area contributed by atoms with Gasteiger partial charge in [-0.1, -0.05) is 37.1 Å². The number of amides is 2. The Labute approximate surface area is 209 Å². The van der Waals surface area contributed by atoms with Crippen LogP contribution >= 0.6 is 0 Å². The van der Waals surface area contributed by atoms with E-state index in [4.69, 9.17) is 4.74 Å². The normalized spacial score (nSPS) is 18.1. The number of methoxy groups -OCH3 is 1. The second-order valence-electron chi connectivity index (χ2n) is 9.66. The van der Waals surface area contributed by atoms with Crippen molar-refractivity contribution in [1.29, 1.82) is 5.26 Å². The number of carbonyl (C=O) groups excluding carboxylic acids is 3. The van der Waals surface area contributed by atoms with Gasteiger partial charge in [-0.25, -0.2) is 0 Å². The standard InChI is InChI=1S/C28H28N4O4/c1-36-26-8-4-7-23-21(26)14-24(31-23)25(33)12-17(11-16-9-10-16)27(34)30-18(15-29)13-20-19-5-2-3-6-22(19)32-28(20)35/h2-8,14,16-18,20,31H,9-13H2,1H3,(H,30,34)(H,32,35)/t17-,18+,20?/m1/s1. The summed E-state index contributed by atoms with van der Waals surface area (Å²) in [6, 6.07) is 16.0. The lowest BCUT2D eigenvalue weighted by atomic mass is 9.91. The SMILES string of the molecule is COc1cccc2[nH]c(C(=O)C[C@@H](CC3CC3)C(=O)N[C@H](C#N)CC3C(=O)Nc4ccccc43)cc12. The number of nitrogens with zero attached hydrogens (tertiary/aromatic N) is 1. The molecule has 1 aliphatic carbocycles. The maximum Gasteiger partial charge on any atom is 0.232 e. The van der Waals surface area contributed by atoms with E-state index in [1.54, 1.807) is 13.2 Å². The molecular formula is C28H28N4O4. The molecular weight excluding hydrogens is 456 g/mol. The first-order valence-corrected chi connectivity index (χ1v) is 12.3. The van der Waals surface area contributed by atoms with Crippen molar-refractivity contribution in [2.45, 2.75) is 44.1 Å². The molecule has 0 radical (unpaired) electrons. The number of hydrogen-bond donors (Lipinski definition) is 3. The number of hydrogen-bond acceptors (Lipinski definition) is 5. The number of ether oxygens (including phenoxy) is 1. The van der Waals surface area contributed by atoms with Crippen molar-refractivity contribution in [3.8, 4) is 11.8 Å². The number of aromatic nitrogens is 1. The lowest BCUT2D eigenvalue weighted by Gasteiger charge is -2.20. The fourth-order valence-corrected chi connectivity index (χ4v) is 5.01. The molecule has 8 nitrogen and oxygen atoms in total. The quantitative estimate of drug-likeness (QED) is 0.370. The minimum atomic E-state index is -0.839. The van der Waals surface area contributed by atoms with Crippen LogP contribution in [0.4, 0.5) is 5.69 Å². The number of nitrogens with one attached hydrogen (secondary N) is 3. The van der Waals surface area contributed by atoms with Gasteiger partial charge in [0.25, 0.3) is 0 Å². The predicted molar refractivity (Wildman–Crippen MR) is 135 cm³/mol. The van der Waals surface area contributed by atoms with Crippen LogP contribution in [0, 0.1) is 23.2 Å². The molecule has 2 amide bonds. The second-order valence-corrected chi connectivity index (χ2v) is 9.66. The highest BCUT2D eigenvalue weighted by atomic mass is 16.5. The van der Waals surface area contributed by atoms with Gasteiger partial charge in [0.1, 0.15) is 11.8 Å². The first-order chi connectivity index (χ1) is 17.5. The first kappa shape index (κ1) is 23.6. The molecule has 2 aromatic carbocycles. The van der Waals surface area contributed by atoms with Crippen LogP contribution in [-0.4, -0.2) is 35.7 Å². The molecule has 1 fully saturated rings. The average molecular weight is 485 g/mol. The summed E-state index contributed by atoms with van der Waals surface area (Å²) in [5.41, 5.74) is 2.79. The molecule has 8 heteroatoms. The van der Waals surface area contributed by atoms with E-state index in [1.165, 1.54) is 0 Å². The lowest BCUT2D eigenvalue weighted by Crippen LogP contribution is -2.40. The van der Waals surface area contributed by atoms with Crippen LogP contribution in [0.25, 0.3) is 10.9 Å². The molecule has 3 N–H and O–H groups in total. The summed E-state index contributed by atoms with van der Waals surface area (Å²) in [6.07, 6.45) is 2.91. The molecule has 1 aromatic heterocycles. The second kappa shape index (κ2) is 9.86. The van der Waals surface area contributed by atoms with Gasteiger partial charge in [-0.2, -0.15) is 5.26 Å². The molecule has 0 bridgehead atoms. The third-order valence-electron chi connectivity index (χ3n) is 7.12. The first-order valence-electron chi connectivity index (χ1n) is 12.3. The Balaban J connectivity index is 1.28. The fourth-order valence-electron chi connectivity index (χ4n) is 5.01. The van der Waals surface area contributed by atoms with E-state index < -0.39 is 17.9 Å². The summed E-state index contributed by atoms with van der Waals surface area (Å²) in [4.78, 5) is 42.1. The maximum atomic E-state index is 13.3. The van der Waals surface area contributed by atoms with E-state index in [9.17, 15) is 19.6 Å². The third-order valence-corrected chi connectivity index (χ3v) is 7.12. The summed E-state index contributed by atoms with van der Waals surface area (Å²) in [5, 5.41) is 16.2. The van der Waals surface area contributed by atoms with E-state index >= 15 is 0 Å². The van der Waals surface area contributed by atoms with Crippen molar-refractivity contribution in [3.05, 3.63) is 59.8 Å². The van der Waals surface area contributed by atoms with Crippen LogP contribution in [0.3, 0.4) is 0 Å². The number of fused-ring (bicyclic) bond motifs is 2. The minimum Gasteiger partial charge on any atom is -0.496 e. The Hall–Kier alpha value is -4.12. The smallest absolute Gasteiger partial charge is 0.232 e.